The van der Waals surface area contributed by atoms with Gasteiger partial charge < -0.3 is 5.11 Å². The maximum absolute atomic E-state index is 9.67. The molecule has 0 unspecified atom stereocenters. The number of hydrogen-bond acceptors (Lipinski definition) is 2. The minimum Gasteiger partial charge on any atom is -0.476 e. The molecule has 0 aromatic rings. The van der Waals surface area contributed by atoms with Crippen molar-refractivity contribution < 1.29 is 9.90 Å². The fraction of sp³-hybridized carbons (Fsp3) is 0.333. The molecule has 0 heterocycles. The van der Waals surface area contributed by atoms with E-state index in [1.807, 2.05) is 0 Å². The van der Waals surface area contributed by atoms with E-state index in [4.69, 9.17) is 16.7 Å². The SMILES string of the molecule is CN=C(Cl)C(=O)O.Cl. The van der Waals surface area contributed by atoms with Crippen LogP contribution in [0.4, 0.5) is 0 Å². The number of carboxylic acid groups (broad SMARTS) is 1. The summed E-state index contributed by atoms with van der Waals surface area (Å²) in [5.41, 5.74) is 0. The van der Waals surface area contributed by atoms with Crippen molar-refractivity contribution in [3.8, 4) is 0 Å². The van der Waals surface area contributed by atoms with Crippen LogP contribution < -0.4 is 0 Å². The quantitative estimate of drug-likeness (QED) is 0.572. The van der Waals surface area contributed by atoms with Crippen molar-refractivity contribution in [2.45, 2.75) is 0 Å². The van der Waals surface area contributed by atoms with E-state index in [0.29, 0.717) is 0 Å². The van der Waals surface area contributed by atoms with Crippen LogP contribution in [-0.2, 0) is 4.79 Å². The Hall–Kier alpha value is -0.280. The number of rotatable bonds is 1. The molecule has 0 aromatic heterocycles. The summed E-state index contributed by atoms with van der Waals surface area (Å²) >= 11 is 4.95. The van der Waals surface area contributed by atoms with Gasteiger partial charge in [0.15, 0.2) is 0 Å². The van der Waals surface area contributed by atoms with E-state index < -0.39 is 5.97 Å². The van der Waals surface area contributed by atoms with E-state index in [0.717, 1.165) is 0 Å². The Morgan fingerprint density at radius 3 is 2.12 bits per heavy atom. The van der Waals surface area contributed by atoms with E-state index in [9.17, 15) is 4.79 Å². The molecule has 0 rings (SSSR count). The molecule has 1 N–H and O–H groups in total. The Morgan fingerprint density at radius 2 is 2.12 bits per heavy atom. The van der Waals surface area contributed by atoms with Gasteiger partial charge in [0.05, 0.1) is 0 Å². The number of hydrogen-bond donors (Lipinski definition) is 1. The molecule has 0 fully saturated rings. The largest absolute Gasteiger partial charge is 0.476 e. The van der Waals surface area contributed by atoms with Crippen LogP contribution in [0.25, 0.3) is 0 Å². The molecule has 0 amide bonds. The van der Waals surface area contributed by atoms with Gasteiger partial charge in [-0.3, -0.25) is 4.99 Å². The van der Waals surface area contributed by atoms with E-state index in [-0.39, 0.29) is 17.6 Å². The van der Waals surface area contributed by atoms with Crippen LogP contribution in [0.1, 0.15) is 0 Å². The van der Waals surface area contributed by atoms with Gasteiger partial charge in [0.2, 0.25) is 5.17 Å². The maximum Gasteiger partial charge on any atom is 0.365 e. The smallest absolute Gasteiger partial charge is 0.365 e. The first kappa shape index (κ1) is 10.7. The average Bonchev–Trinajstić information content (AvgIpc) is 1.65. The van der Waals surface area contributed by atoms with Gasteiger partial charge in [0.25, 0.3) is 0 Å². The van der Waals surface area contributed by atoms with Gasteiger partial charge in [-0.2, -0.15) is 0 Å². The van der Waals surface area contributed by atoms with Gasteiger partial charge in [-0.25, -0.2) is 4.79 Å². The molecule has 0 saturated heterocycles. The predicted molar refractivity (Wildman–Crippen MR) is 34.1 cm³/mol. The van der Waals surface area contributed by atoms with Crippen molar-refractivity contribution in [2.24, 2.45) is 4.99 Å². The molecule has 3 nitrogen and oxygen atoms in total. The number of carbonyl (C=O) groups is 1. The van der Waals surface area contributed by atoms with Gasteiger partial charge in [-0.1, -0.05) is 11.6 Å². The van der Waals surface area contributed by atoms with Gasteiger partial charge >= 0.3 is 5.97 Å². The zero-order valence-corrected chi connectivity index (χ0v) is 5.66. The number of aliphatic carboxylic acids is 1. The summed E-state index contributed by atoms with van der Waals surface area (Å²) < 4.78 is 0. The summed E-state index contributed by atoms with van der Waals surface area (Å²) in [5, 5.41) is 7.53. The lowest BCUT2D eigenvalue weighted by Crippen LogP contribution is -2.03. The van der Waals surface area contributed by atoms with Crippen LogP contribution in [0.3, 0.4) is 0 Å². The second kappa shape index (κ2) is 4.87. The summed E-state index contributed by atoms with van der Waals surface area (Å²) in [6.07, 6.45) is 0. The van der Waals surface area contributed by atoms with E-state index in [2.05, 4.69) is 4.99 Å². The lowest BCUT2D eigenvalue weighted by atomic mass is 10.7. The predicted octanol–water partition coefficient (Wildman–Crippen LogP) is 0.760. The first-order valence-electron chi connectivity index (χ1n) is 1.54. The Bertz CT molecular complexity index is 112. The Labute approximate surface area is 57.8 Å². The topological polar surface area (TPSA) is 49.7 Å². The second-order valence-electron chi connectivity index (χ2n) is 0.820. The zero-order chi connectivity index (χ0) is 5.86. The second-order valence-corrected chi connectivity index (χ2v) is 1.18. The molecule has 8 heavy (non-hydrogen) atoms. The van der Waals surface area contributed by atoms with Gasteiger partial charge in [0.1, 0.15) is 0 Å². The lowest BCUT2D eigenvalue weighted by molar-refractivity contribution is -0.129. The highest BCUT2D eigenvalue weighted by atomic mass is 35.5. The molecular weight excluding hydrogens is 153 g/mol. The van der Waals surface area contributed by atoms with Crippen LogP contribution in [0, 0.1) is 0 Å². The molecule has 0 bridgehead atoms. The third-order valence-corrected chi connectivity index (χ3v) is 0.703. The molecular formula is C3H5Cl2NO2. The summed E-state index contributed by atoms with van der Waals surface area (Å²) in [4.78, 5) is 12.8. The molecule has 0 aliphatic rings. The molecule has 0 aromatic carbocycles. The van der Waals surface area contributed by atoms with Crippen LogP contribution >= 0.6 is 24.0 Å². The molecule has 0 atom stereocenters. The third kappa shape index (κ3) is 3.89. The average molecular weight is 158 g/mol. The zero-order valence-electron chi connectivity index (χ0n) is 4.09. The van der Waals surface area contributed by atoms with Crippen LogP contribution in [0.5, 0.6) is 0 Å². The number of nitrogens with zero attached hydrogens (tertiary/aromatic N) is 1. The number of carboxylic acids is 1. The highest BCUT2D eigenvalue weighted by Gasteiger charge is 1.99. The van der Waals surface area contributed by atoms with Crippen LogP contribution in [-0.4, -0.2) is 23.3 Å². The number of aliphatic imine (C=N–C) groups is 1. The molecule has 0 saturated carbocycles. The number of halogens is 2. The molecule has 0 aliphatic heterocycles. The maximum atomic E-state index is 9.67. The van der Waals surface area contributed by atoms with Crippen molar-refractivity contribution in [3.05, 3.63) is 0 Å². The molecule has 5 heteroatoms. The minimum atomic E-state index is -1.19. The van der Waals surface area contributed by atoms with E-state index >= 15 is 0 Å². The minimum absolute atomic E-state index is 0. The van der Waals surface area contributed by atoms with Crippen molar-refractivity contribution >= 4 is 35.1 Å². The Kier molecular flexibility index (Phi) is 6.48. The van der Waals surface area contributed by atoms with Crippen molar-refractivity contribution in [3.63, 3.8) is 0 Å². The van der Waals surface area contributed by atoms with Crippen LogP contribution in [0.2, 0.25) is 0 Å². The summed E-state index contributed by atoms with van der Waals surface area (Å²) in [6, 6.07) is 0. The summed E-state index contributed by atoms with van der Waals surface area (Å²) in [7, 11) is 1.32. The first-order valence-corrected chi connectivity index (χ1v) is 1.92. The Morgan fingerprint density at radius 1 is 1.75 bits per heavy atom. The van der Waals surface area contributed by atoms with E-state index in [1.165, 1.54) is 7.05 Å². The fourth-order valence-corrected chi connectivity index (χ4v) is 0.0956. The van der Waals surface area contributed by atoms with Crippen LogP contribution in [0.15, 0.2) is 4.99 Å². The third-order valence-electron chi connectivity index (χ3n) is 0.373. The van der Waals surface area contributed by atoms with Gasteiger partial charge in [0, 0.05) is 7.05 Å². The van der Waals surface area contributed by atoms with Crippen molar-refractivity contribution in [1.82, 2.24) is 0 Å². The standard InChI is InChI=1S/C3H4ClNO2.ClH/c1-5-2(4)3(6)7;/h1H3,(H,6,7);1H. The highest BCUT2D eigenvalue weighted by molar-refractivity contribution is 6.81. The fourth-order valence-electron chi connectivity index (χ4n) is 0.0956. The Balaban J connectivity index is 0. The molecule has 0 spiro atoms. The lowest BCUT2D eigenvalue weighted by Gasteiger charge is -1.80. The normalized spacial score (nSPS) is 10.0. The van der Waals surface area contributed by atoms with Crippen molar-refractivity contribution in [1.29, 1.82) is 0 Å². The summed E-state index contributed by atoms with van der Waals surface area (Å²) in [6.45, 7) is 0. The van der Waals surface area contributed by atoms with Crippen molar-refractivity contribution in [2.75, 3.05) is 7.05 Å². The first-order chi connectivity index (χ1) is 3.18. The van der Waals surface area contributed by atoms with Gasteiger partial charge in [-0.15, -0.1) is 12.4 Å². The summed E-state index contributed by atoms with van der Waals surface area (Å²) in [5.74, 6) is -1.19. The monoisotopic (exact) mass is 157 g/mol. The van der Waals surface area contributed by atoms with E-state index in [1.54, 1.807) is 0 Å². The molecule has 0 radical (unpaired) electrons. The molecule has 48 valence electrons. The highest BCUT2D eigenvalue weighted by Crippen LogP contribution is 1.81. The van der Waals surface area contributed by atoms with Gasteiger partial charge in [-0.05, 0) is 0 Å². The molecule has 0 aliphatic carbocycles.